The first-order valence-corrected chi connectivity index (χ1v) is 8.84. The Hall–Kier alpha value is -0.810. The number of hydrogen-bond acceptors (Lipinski definition) is 3. The number of likely N-dealkylation sites (tertiary alicyclic amines) is 1. The van der Waals surface area contributed by atoms with E-state index in [-0.39, 0.29) is 5.91 Å². The summed E-state index contributed by atoms with van der Waals surface area (Å²) in [6.07, 6.45) is 2.65. The number of amides is 1. The number of benzene rings is 1. The maximum absolute atomic E-state index is 12.4. The Morgan fingerprint density at radius 1 is 1.09 bits per heavy atom. The molecule has 2 rings (SSSR count). The lowest BCUT2D eigenvalue weighted by Gasteiger charge is -2.24. The number of hydrogen-bond donors (Lipinski definition) is 0. The van der Waals surface area contributed by atoms with Crippen LogP contribution in [0.25, 0.3) is 0 Å². The normalized spacial score (nSPS) is 15.3. The lowest BCUT2D eigenvalue weighted by Crippen LogP contribution is -2.38. The molecule has 0 saturated carbocycles. The van der Waals surface area contributed by atoms with Gasteiger partial charge in [-0.25, -0.2) is 0 Å². The van der Waals surface area contributed by atoms with Crippen LogP contribution in [0.2, 0.25) is 10.0 Å². The maximum atomic E-state index is 12.4. The number of carbonyl (C=O) groups excluding carboxylic acids is 1. The standard InChI is InChI=1S/C17H25Cl2N3O/c1-20(10-12-22-7-3-4-8-22)9-11-21(2)17(23)14-5-6-15(18)16(19)13-14/h5-6,13H,3-4,7-12H2,1-2H3. The van der Waals surface area contributed by atoms with E-state index in [4.69, 9.17) is 23.2 Å². The highest BCUT2D eigenvalue weighted by molar-refractivity contribution is 6.42. The van der Waals surface area contributed by atoms with Gasteiger partial charge >= 0.3 is 0 Å². The number of likely N-dealkylation sites (N-methyl/N-ethyl adjacent to an activating group) is 2. The van der Waals surface area contributed by atoms with Crippen LogP contribution in [0, 0.1) is 0 Å². The third-order valence-electron chi connectivity index (χ3n) is 4.33. The van der Waals surface area contributed by atoms with Crippen LogP contribution in [-0.4, -0.2) is 74.0 Å². The predicted octanol–water partition coefficient (Wildman–Crippen LogP) is 3.09. The van der Waals surface area contributed by atoms with Crippen LogP contribution in [0.1, 0.15) is 23.2 Å². The molecule has 1 heterocycles. The molecule has 1 aliphatic rings. The Morgan fingerprint density at radius 2 is 1.78 bits per heavy atom. The molecule has 6 heteroatoms. The summed E-state index contributed by atoms with van der Waals surface area (Å²) >= 11 is 11.9. The minimum absolute atomic E-state index is 0.0310. The highest BCUT2D eigenvalue weighted by Crippen LogP contribution is 2.23. The Bertz CT molecular complexity index is 533. The average molecular weight is 358 g/mol. The van der Waals surface area contributed by atoms with Crippen molar-refractivity contribution in [1.82, 2.24) is 14.7 Å². The third-order valence-corrected chi connectivity index (χ3v) is 5.07. The molecule has 1 aromatic rings. The van der Waals surface area contributed by atoms with Crippen LogP contribution < -0.4 is 0 Å². The van der Waals surface area contributed by atoms with Crippen molar-refractivity contribution in [3.63, 3.8) is 0 Å². The summed E-state index contributed by atoms with van der Waals surface area (Å²) in [5.41, 5.74) is 0.571. The Balaban J connectivity index is 1.75. The number of nitrogens with zero attached hydrogens (tertiary/aromatic N) is 3. The fraction of sp³-hybridized carbons (Fsp3) is 0.588. The monoisotopic (exact) mass is 357 g/mol. The van der Waals surface area contributed by atoms with Gasteiger partial charge in [0, 0.05) is 38.8 Å². The molecule has 1 saturated heterocycles. The van der Waals surface area contributed by atoms with E-state index in [1.807, 2.05) is 7.05 Å². The molecule has 0 aromatic heterocycles. The molecule has 23 heavy (non-hydrogen) atoms. The molecule has 1 aliphatic heterocycles. The highest BCUT2D eigenvalue weighted by atomic mass is 35.5. The summed E-state index contributed by atoms with van der Waals surface area (Å²) in [6, 6.07) is 5.00. The van der Waals surface area contributed by atoms with Gasteiger partial charge in [-0.05, 0) is 51.2 Å². The van der Waals surface area contributed by atoms with Gasteiger partial charge in [-0.3, -0.25) is 4.79 Å². The Kier molecular flexibility index (Phi) is 7.15. The summed E-state index contributed by atoms with van der Waals surface area (Å²) in [5, 5.41) is 0.876. The summed E-state index contributed by atoms with van der Waals surface area (Å²) in [4.78, 5) is 18.9. The molecule has 1 aromatic carbocycles. The smallest absolute Gasteiger partial charge is 0.253 e. The van der Waals surface area contributed by atoms with Gasteiger partial charge < -0.3 is 14.7 Å². The van der Waals surface area contributed by atoms with Gasteiger partial charge in [0.25, 0.3) is 5.91 Å². The van der Waals surface area contributed by atoms with E-state index in [0.717, 1.165) is 19.6 Å². The summed E-state index contributed by atoms with van der Waals surface area (Å²) < 4.78 is 0. The molecule has 0 unspecified atom stereocenters. The van der Waals surface area contributed by atoms with Crippen molar-refractivity contribution in [3.8, 4) is 0 Å². The van der Waals surface area contributed by atoms with E-state index in [0.29, 0.717) is 22.2 Å². The first kappa shape index (κ1) is 18.5. The van der Waals surface area contributed by atoms with Gasteiger partial charge in [-0.15, -0.1) is 0 Å². The lowest BCUT2D eigenvalue weighted by atomic mass is 10.2. The van der Waals surface area contributed by atoms with Crippen LogP contribution in [0.4, 0.5) is 0 Å². The van der Waals surface area contributed by atoms with Crippen molar-refractivity contribution < 1.29 is 4.79 Å². The Labute approximate surface area is 148 Å². The van der Waals surface area contributed by atoms with Crippen LogP contribution >= 0.6 is 23.2 Å². The van der Waals surface area contributed by atoms with Crippen LogP contribution in [-0.2, 0) is 0 Å². The first-order valence-electron chi connectivity index (χ1n) is 8.09. The predicted molar refractivity (Wildman–Crippen MR) is 96.6 cm³/mol. The van der Waals surface area contributed by atoms with Gasteiger partial charge in [0.05, 0.1) is 10.0 Å². The van der Waals surface area contributed by atoms with E-state index in [1.54, 1.807) is 23.1 Å². The zero-order chi connectivity index (χ0) is 16.8. The molecule has 0 atom stereocenters. The SMILES string of the molecule is CN(CCN1CCCC1)CCN(C)C(=O)c1ccc(Cl)c(Cl)c1. The Morgan fingerprint density at radius 3 is 2.43 bits per heavy atom. The molecule has 0 spiro atoms. The van der Waals surface area contributed by atoms with Crippen molar-refractivity contribution in [3.05, 3.63) is 33.8 Å². The first-order chi connectivity index (χ1) is 11.0. The second kappa shape index (κ2) is 8.88. The van der Waals surface area contributed by atoms with Gasteiger partial charge in [-0.2, -0.15) is 0 Å². The van der Waals surface area contributed by atoms with Gasteiger partial charge in [0.2, 0.25) is 0 Å². The van der Waals surface area contributed by atoms with E-state index in [2.05, 4.69) is 16.8 Å². The number of halogens is 2. The molecular weight excluding hydrogens is 333 g/mol. The van der Waals surface area contributed by atoms with Crippen molar-refractivity contribution in [1.29, 1.82) is 0 Å². The molecule has 1 amide bonds. The zero-order valence-corrected chi connectivity index (χ0v) is 15.4. The fourth-order valence-corrected chi connectivity index (χ4v) is 3.00. The molecule has 128 valence electrons. The molecule has 4 nitrogen and oxygen atoms in total. The molecule has 0 aliphatic carbocycles. The summed E-state index contributed by atoms with van der Waals surface area (Å²) in [7, 11) is 3.92. The average Bonchev–Trinajstić information content (AvgIpc) is 3.06. The second-order valence-corrected chi connectivity index (χ2v) is 7.02. The number of carbonyl (C=O) groups is 1. The van der Waals surface area contributed by atoms with E-state index in [9.17, 15) is 4.79 Å². The third kappa shape index (κ3) is 5.64. The van der Waals surface area contributed by atoms with Crippen molar-refractivity contribution in [2.45, 2.75) is 12.8 Å². The molecule has 1 fully saturated rings. The van der Waals surface area contributed by atoms with Crippen molar-refractivity contribution in [2.24, 2.45) is 0 Å². The van der Waals surface area contributed by atoms with Gasteiger partial charge in [0.15, 0.2) is 0 Å². The summed E-state index contributed by atoms with van der Waals surface area (Å²) in [6.45, 7) is 6.15. The van der Waals surface area contributed by atoms with Gasteiger partial charge in [-0.1, -0.05) is 23.2 Å². The maximum Gasteiger partial charge on any atom is 0.253 e. The minimum atomic E-state index is -0.0310. The molecular formula is C17H25Cl2N3O. The topological polar surface area (TPSA) is 26.8 Å². The van der Waals surface area contributed by atoms with E-state index in [1.165, 1.54) is 25.9 Å². The van der Waals surface area contributed by atoms with Gasteiger partial charge in [0.1, 0.15) is 0 Å². The minimum Gasteiger partial charge on any atom is -0.340 e. The second-order valence-electron chi connectivity index (χ2n) is 6.21. The van der Waals surface area contributed by atoms with Crippen LogP contribution in [0.3, 0.4) is 0 Å². The van der Waals surface area contributed by atoms with E-state index >= 15 is 0 Å². The summed E-state index contributed by atoms with van der Waals surface area (Å²) in [5.74, 6) is -0.0310. The molecule has 0 N–H and O–H groups in total. The molecule has 0 bridgehead atoms. The van der Waals surface area contributed by atoms with Crippen molar-refractivity contribution in [2.75, 3.05) is 53.4 Å². The van der Waals surface area contributed by atoms with Crippen LogP contribution in [0.5, 0.6) is 0 Å². The van der Waals surface area contributed by atoms with Crippen LogP contribution in [0.15, 0.2) is 18.2 Å². The van der Waals surface area contributed by atoms with E-state index < -0.39 is 0 Å². The zero-order valence-electron chi connectivity index (χ0n) is 13.9. The highest BCUT2D eigenvalue weighted by Gasteiger charge is 2.15. The lowest BCUT2D eigenvalue weighted by molar-refractivity contribution is 0.0781. The fourth-order valence-electron chi connectivity index (χ4n) is 2.70. The number of rotatable bonds is 7. The van der Waals surface area contributed by atoms with Crippen molar-refractivity contribution >= 4 is 29.1 Å². The quantitative estimate of drug-likeness (QED) is 0.750. The molecule has 0 radical (unpaired) electrons. The largest absolute Gasteiger partial charge is 0.340 e.